The van der Waals surface area contributed by atoms with Crippen molar-refractivity contribution in [1.82, 2.24) is 0 Å². The van der Waals surface area contributed by atoms with Crippen LogP contribution in [0.5, 0.6) is 0 Å². The summed E-state index contributed by atoms with van der Waals surface area (Å²) in [5.74, 6) is 1.31. The average molecular weight is 313 g/mol. The molecule has 1 aromatic carbocycles. The third-order valence-electron chi connectivity index (χ3n) is 3.32. The normalized spacial score (nSPS) is 22.4. The van der Waals surface area contributed by atoms with Crippen molar-refractivity contribution < 1.29 is 13.2 Å². The molecule has 0 amide bonds. The first kappa shape index (κ1) is 15.7. The van der Waals surface area contributed by atoms with Crippen molar-refractivity contribution in [2.75, 3.05) is 11.1 Å². The van der Waals surface area contributed by atoms with Crippen LogP contribution in [0.3, 0.4) is 0 Å². The SMILES string of the molecule is CC1CSC(Nc2ccc(C#N)c(C(F)(F)F)c2)=NC1C. The van der Waals surface area contributed by atoms with E-state index >= 15 is 0 Å². The maximum Gasteiger partial charge on any atom is 0.417 e. The lowest BCUT2D eigenvalue weighted by molar-refractivity contribution is -0.137. The Bertz CT molecular complexity index is 604. The minimum atomic E-state index is -4.55. The van der Waals surface area contributed by atoms with Gasteiger partial charge >= 0.3 is 6.18 Å². The highest BCUT2D eigenvalue weighted by molar-refractivity contribution is 8.14. The second kappa shape index (κ2) is 5.98. The largest absolute Gasteiger partial charge is 0.417 e. The molecule has 0 spiro atoms. The monoisotopic (exact) mass is 313 g/mol. The van der Waals surface area contributed by atoms with Gasteiger partial charge in [0.1, 0.15) is 0 Å². The number of hydrogen-bond donors (Lipinski definition) is 1. The lowest BCUT2D eigenvalue weighted by atomic mass is 10.1. The Morgan fingerprint density at radius 1 is 1.38 bits per heavy atom. The lowest BCUT2D eigenvalue weighted by Gasteiger charge is -2.24. The van der Waals surface area contributed by atoms with Crippen LogP contribution in [0.15, 0.2) is 23.2 Å². The van der Waals surface area contributed by atoms with E-state index in [4.69, 9.17) is 5.26 Å². The van der Waals surface area contributed by atoms with Crippen LogP contribution in [0.25, 0.3) is 0 Å². The van der Waals surface area contributed by atoms with Gasteiger partial charge in [-0.05, 0) is 31.0 Å². The van der Waals surface area contributed by atoms with Crippen molar-refractivity contribution in [3.63, 3.8) is 0 Å². The fraction of sp³-hybridized carbons (Fsp3) is 0.429. The van der Waals surface area contributed by atoms with Gasteiger partial charge in [0.15, 0.2) is 5.17 Å². The number of nitriles is 1. The number of aliphatic imine (C=N–C) groups is 1. The van der Waals surface area contributed by atoms with E-state index in [1.165, 1.54) is 23.9 Å². The summed E-state index contributed by atoms with van der Waals surface area (Å²) >= 11 is 1.49. The number of nitrogens with zero attached hydrogens (tertiary/aromatic N) is 2. The summed E-state index contributed by atoms with van der Waals surface area (Å²) in [6, 6.07) is 5.27. The molecular formula is C14H14F3N3S. The van der Waals surface area contributed by atoms with Gasteiger partial charge in [-0.25, -0.2) is 0 Å². The van der Waals surface area contributed by atoms with Gasteiger partial charge in [0.2, 0.25) is 0 Å². The van der Waals surface area contributed by atoms with Crippen LogP contribution in [0.1, 0.15) is 25.0 Å². The Balaban J connectivity index is 2.27. The summed E-state index contributed by atoms with van der Waals surface area (Å²) in [5.41, 5.74) is -1.03. The molecule has 1 aliphatic rings. The molecule has 112 valence electrons. The molecule has 0 bridgehead atoms. The molecular weight excluding hydrogens is 299 g/mol. The predicted octanol–water partition coefficient (Wildman–Crippen LogP) is 4.12. The third kappa shape index (κ3) is 3.70. The van der Waals surface area contributed by atoms with Gasteiger partial charge in [-0.3, -0.25) is 4.99 Å². The second-order valence-electron chi connectivity index (χ2n) is 4.96. The lowest BCUT2D eigenvalue weighted by Crippen LogP contribution is -2.25. The molecule has 2 unspecified atom stereocenters. The Kier molecular flexibility index (Phi) is 4.47. The molecule has 2 atom stereocenters. The molecule has 0 fully saturated rings. The first-order chi connectivity index (χ1) is 9.81. The molecule has 21 heavy (non-hydrogen) atoms. The van der Waals surface area contributed by atoms with Crippen LogP contribution in [-0.4, -0.2) is 17.0 Å². The van der Waals surface area contributed by atoms with Gasteiger partial charge in [-0.1, -0.05) is 18.7 Å². The first-order valence-electron chi connectivity index (χ1n) is 6.40. The zero-order valence-electron chi connectivity index (χ0n) is 11.5. The number of amidine groups is 1. The Hall–Kier alpha value is -1.68. The highest BCUT2D eigenvalue weighted by Crippen LogP contribution is 2.34. The third-order valence-corrected chi connectivity index (χ3v) is 4.50. The molecule has 0 radical (unpaired) electrons. The summed E-state index contributed by atoms with van der Waals surface area (Å²) in [4.78, 5) is 4.42. The van der Waals surface area contributed by atoms with Crippen molar-refractivity contribution >= 4 is 22.6 Å². The molecule has 1 aliphatic heterocycles. The number of alkyl halides is 3. The maximum atomic E-state index is 12.9. The van der Waals surface area contributed by atoms with Crippen molar-refractivity contribution in [2.45, 2.75) is 26.1 Å². The molecule has 0 saturated carbocycles. The van der Waals surface area contributed by atoms with E-state index < -0.39 is 11.7 Å². The zero-order chi connectivity index (χ0) is 15.6. The number of halogens is 3. The fourth-order valence-electron chi connectivity index (χ4n) is 1.84. The predicted molar refractivity (Wildman–Crippen MR) is 78.3 cm³/mol. The summed E-state index contributed by atoms with van der Waals surface area (Å²) < 4.78 is 38.7. The van der Waals surface area contributed by atoms with Crippen LogP contribution in [0.4, 0.5) is 18.9 Å². The van der Waals surface area contributed by atoms with E-state index in [2.05, 4.69) is 17.2 Å². The van der Waals surface area contributed by atoms with Gasteiger partial charge in [0.05, 0.1) is 23.2 Å². The summed E-state index contributed by atoms with van der Waals surface area (Å²) in [5, 5.41) is 12.3. The molecule has 7 heteroatoms. The van der Waals surface area contributed by atoms with Gasteiger partial charge in [-0.15, -0.1) is 0 Å². The summed E-state index contributed by atoms with van der Waals surface area (Å²) in [6.07, 6.45) is -4.55. The molecule has 0 saturated heterocycles. The van der Waals surface area contributed by atoms with Gasteiger partial charge < -0.3 is 5.32 Å². The number of benzene rings is 1. The zero-order valence-corrected chi connectivity index (χ0v) is 12.3. The molecule has 1 N–H and O–H groups in total. The van der Waals surface area contributed by atoms with Gasteiger partial charge in [-0.2, -0.15) is 18.4 Å². The average Bonchev–Trinajstić information content (AvgIpc) is 2.42. The Morgan fingerprint density at radius 3 is 2.67 bits per heavy atom. The van der Waals surface area contributed by atoms with Crippen LogP contribution in [0, 0.1) is 17.2 Å². The number of hydrogen-bond acceptors (Lipinski definition) is 4. The first-order valence-corrected chi connectivity index (χ1v) is 7.39. The molecule has 1 aromatic rings. The van der Waals surface area contributed by atoms with Crippen LogP contribution in [-0.2, 0) is 6.18 Å². The fourth-order valence-corrected chi connectivity index (χ4v) is 2.98. The summed E-state index contributed by atoms with van der Waals surface area (Å²) in [7, 11) is 0. The highest BCUT2D eigenvalue weighted by Gasteiger charge is 2.34. The minimum Gasteiger partial charge on any atom is -0.335 e. The van der Waals surface area contributed by atoms with Crippen molar-refractivity contribution in [3.05, 3.63) is 29.3 Å². The Labute approximate surface area is 125 Å². The summed E-state index contributed by atoms with van der Waals surface area (Å²) in [6.45, 7) is 4.06. The minimum absolute atomic E-state index is 0.134. The standard InChI is InChI=1S/C14H14F3N3S/c1-8-7-21-13(19-9(8)2)20-11-4-3-10(6-18)12(5-11)14(15,16)17/h3-5,8-9H,7H2,1-2H3,(H,19,20). The maximum absolute atomic E-state index is 12.9. The van der Waals surface area contributed by atoms with Gasteiger partial charge in [0, 0.05) is 11.4 Å². The number of anilines is 1. The van der Waals surface area contributed by atoms with E-state index in [-0.39, 0.29) is 17.3 Å². The van der Waals surface area contributed by atoms with Crippen molar-refractivity contribution in [1.29, 1.82) is 5.26 Å². The number of thioether (sulfide) groups is 1. The topological polar surface area (TPSA) is 48.2 Å². The molecule has 2 rings (SSSR count). The van der Waals surface area contributed by atoms with E-state index in [1.54, 1.807) is 6.07 Å². The van der Waals surface area contributed by atoms with E-state index in [1.807, 2.05) is 6.92 Å². The number of nitrogens with one attached hydrogen (secondary N) is 1. The molecule has 3 nitrogen and oxygen atoms in total. The van der Waals surface area contributed by atoms with Crippen molar-refractivity contribution in [3.8, 4) is 6.07 Å². The van der Waals surface area contributed by atoms with E-state index in [9.17, 15) is 13.2 Å². The van der Waals surface area contributed by atoms with E-state index in [0.29, 0.717) is 11.1 Å². The van der Waals surface area contributed by atoms with E-state index in [0.717, 1.165) is 11.8 Å². The smallest absolute Gasteiger partial charge is 0.335 e. The van der Waals surface area contributed by atoms with Crippen LogP contribution in [0.2, 0.25) is 0 Å². The Morgan fingerprint density at radius 2 is 2.10 bits per heavy atom. The highest BCUT2D eigenvalue weighted by atomic mass is 32.2. The number of rotatable bonds is 1. The molecule has 0 aromatic heterocycles. The van der Waals surface area contributed by atoms with Crippen LogP contribution < -0.4 is 5.32 Å². The molecule has 0 aliphatic carbocycles. The second-order valence-corrected chi connectivity index (χ2v) is 5.97. The van der Waals surface area contributed by atoms with Gasteiger partial charge in [0.25, 0.3) is 0 Å². The van der Waals surface area contributed by atoms with Crippen molar-refractivity contribution in [2.24, 2.45) is 10.9 Å². The molecule has 1 heterocycles. The quantitative estimate of drug-likeness (QED) is 0.848. The van der Waals surface area contributed by atoms with Crippen LogP contribution >= 0.6 is 11.8 Å².